The molecule has 3 aromatic rings. The summed E-state index contributed by atoms with van der Waals surface area (Å²) in [5.41, 5.74) is 4.25. The number of methoxy groups -OCH3 is 1. The Morgan fingerprint density at radius 2 is 1.57 bits per heavy atom. The quantitative estimate of drug-likeness (QED) is 0.534. The van der Waals surface area contributed by atoms with Crippen molar-refractivity contribution in [3.63, 3.8) is 0 Å². The van der Waals surface area contributed by atoms with E-state index < -0.39 is 0 Å². The first kappa shape index (κ1) is 21.2. The molecule has 0 unspecified atom stereocenters. The van der Waals surface area contributed by atoms with Crippen LogP contribution in [0.1, 0.15) is 34.0 Å². The Morgan fingerprint density at radius 3 is 2.20 bits per heavy atom. The number of anilines is 1. The molecule has 0 saturated heterocycles. The van der Waals surface area contributed by atoms with Gasteiger partial charge >= 0.3 is 0 Å². The van der Waals surface area contributed by atoms with E-state index in [-0.39, 0.29) is 12.5 Å². The summed E-state index contributed by atoms with van der Waals surface area (Å²) < 4.78 is 16.8. The van der Waals surface area contributed by atoms with Gasteiger partial charge in [-0.15, -0.1) is 0 Å². The molecule has 0 fully saturated rings. The van der Waals surface area contributed by atoms with E-state index >= 15 is 0 Å². The van der Waals surface area contributed by atoms with E-state index in [2.05, 4.69) is 5.32 Å². The maximum Gasteiger partial charge on any atom is 0.255 e. The van der Waals surface area contributed by atoms with Gasteiger partial charge in [-0.25, -0.2) is 0 Å². The van der Waals surface area contributed by atoms with Gasteiger partial charge in [-0.3, -0.25) is 4.79 Å². The summed E-state index contributed by atoms with van der Waals surface area (Å²) in [6.45, 7) is 6.70. The fourth-order valence-electron chi connectivity index (χ4n) is 3.16. The van der Waals surface area contributed by atoms with Gasteiger partial charge in [0.05, 0.1) is 13.7 Å². The third kappa shape index (κ3) is 5.11. The lowest BCUT2D eigenvalue weighted by molar-refractivity contribution is 0.102. The number of aryl methyl sites for hydroxylation is 2. The standard InChI is InChI=1S/C25H27NO4/c1-5-29-23-14-9-19(25(27)26-24-17(2)7-6-8-18(24)3)15-20(23)16-30-22-12-10-21(28-4)11-13-22/h6-15H,5,16H2,1-4H3,(H,26,27). The van der Waals surface area contributed by atoms with Gasteiger partial charge in [-0.1, -0.05) is 18.2 Å². The minimum Gasteiger partial charge on any atom is -0.497 e. The van der Waals surface area contributed by atoms with Crippen molar-refractivity contribution in [1.29, 1.82) is 0 Å². The van der Waals surface area contributed by atoms with Crippen LogP contribution in [0.2, 0.25) is 0 Å². The van der Waals surface area contributed by atoms with Gasteiger partial charge in [0.25, 0.3) is 5.91 Å². The molecular weight excluding hydrogens is 378 g/mol. The summed E-state index contributed by atoms with van der Waals surface area (Å²) in [5, 5.41) is 3.03. The van der Waals surface area contributed by atoms with E-state index in [4.69, 9.17) is 14.2 Å². The van der Waals surface area contributed by atoms with Crippen molar-refractivity contribution < 1.29 is 19.0 Å². The number of benzene rings is 3. The van der Waals surface area contributed by atoms with Crippen molar-refractivity contribution in [1.82, 2.24) is 0 Å². The van der Waals surface area contributed by atoms with Crippen LogP contribution in [-0.4, -0.2) is 19.6 Å². The van der Waals surface area contributed by atoms with Crippen molar-refractivity contribution in [3.8, 4) is 17.2 Å². The van der Waals surface area contributed by atoms with Crippen molar-refractivity contribution in [2.75, 3.05) is 19.0 Å². The van der Waals surface area contributed by atoms with Crippen LogP contribution in [0.15, 0.2) is 60.7 Å². The smallest absolute Gasteiger partial charge is 0.255 e. The first-order chi connectivity index (χ1) is 14.5. The number of ether oxygens (including phenoxy) is 3. The van der Waals surface area contributed by atoms with Gasteiger partial charge in [0.15, 0.2) is 0 Å². The van der Waals surface area contributed by atoms with Gasteiger partial charge in [-0.2, -0.15) is 0 Å². The van der Waals surface area contributed by atoms with Crippen LogP contribution in [0.4, 0.5) is 5.69 Å². The average Bonchev–Trinajstić information content (AvgIpc) is 2.76. The lowest BCUT2D eigenvalue weighted by atomic mass is 10.1. The molecule has 0 aromatic heterocycles. The zero-order valence-electron chi connectivity index (χ0n) is 17.8. The molecule has 0 bridgehead atoms. The first-order valence-electron chi connectivity index (χ1n) is 9.92. The molecule has 5 heteroatoms. The minimum atomic E-state index is -0.166. The highest BCUT2D eigenvalue weighted by molar-refractivity contribution is 6.05. The summed E-state index contributed by atoms with van der Waals surface area (Å²) in [7, 11) is 1.62. The van der Waals surface area contributed by atoms with E-state index in [9.17, 15) is 4.79 Å². The topological polar surface area (TPSA) is 56.8 Å². The number of amides is 1. The number of hydrogen-bond acceptors (Lipinski definition) is 4. The fourth-order valence-corrected chi connectivity index (χ4v) is 3.16. The summed E-state index contributed by atoms with van der Waals surface area (Å²) in [6, 6.07) is 18.7. The summed E-state index contributed by atoms with van der Waals surface area (Å²) in [6.07, 6.45) is 0. The molecule has 0 spiro atoms. The molecule has 0 aliphatic heterocycles. The number of rotatable bonds is 8. The van der Waals surface area contributed by atoms with Gasteiger partial charge < -0.3 is 19.5 Å². The molecular formula is C25H27NO4. The van der Waals surface area contributed by atoms with Crippen LogP contribution >= 0.6 is 0 Å². The Hall–Kier alpha value is -3.47. The number of para-hydroxylation sites is 1. The van der Waals surface area contributed by atoms with Crippen LogP contribution in [0.3, 0.4) is 0 Å². The number of carbonyl (C=O) groups is 1. The average molecular weight is 405 g/mol. The molecule has 0 aliphatic carbocycles. The van der Waals surface area contributed by atoms with E-state index in [0.29, 0.717) is 23.7 Å². The SMILES string of the molecule is CCOc1ccc(C(=O)Nc2c(C)cccc2C)cc1COc1ccc(OC)cc1. The molecule has 0 saturated carbocycles. The first-order valence-corrected chi connectivity index (χ1v) is 9.92. The van der Waals surface area contributed by atoms with Gasteiger partial charge in [-0.05, 0) is 74.4 Å². The Labute approximate surface area is 177 Å². The summed E-state index contributed by atoms with van der Waals surface area (Å²) in [5.74, 6) is 2.02. The normalized spacial score (nSPS) is 10.4. The fraction of sp³-hybridized carbons (Fsp3) is 0.240. The van der Waals surface area contributed by atoms with Crippen molar-refractivity contribution in [2.24, 2.45) is 0 Å². The highest BCUT2D eigenvalue weighted by Crippen LogP contribution is 2.25. The van der Waals surface area contributed by atoms with E-state index in [1.165, 1.54) is 0 Å². The third-order valence-electron chi connectivity index (χ3n) is 4.80. The van der Waals surface area contributed by atoms with Gasteiger partial charge in [0, 0.05) is 16.8 Å². The molecule has 5 nitrogen and oxygen atoms in total. The van der Waals surface area contributed by atoms with Crippen molar-refractivity contribution in [2.45, 2.75) is 27.4 Å². The summed E-state index contributed by atoms with van der Waals surface area (Å²) in [4.78, 5) is 12.9. The summed E-state index contributed by atoms with van der Waals surface area (Å²) >= 11 is 0. The maximum atomic E-state index is 12.9. The molecule has 0 atom stereocenters. The molecule has 0 aliphatic rings. The Kier molecular flexibility index (Phi) is 6.96. The molecule has 0 heterocycles. The van der Waals surface area contributed by atoms with Crippen LogP contribution in [-0.2, 0) is 6.61 Å². The molecule has 3 aromatic carbocycles. The molecule has 156 valence electrons. The molecule has 0 radical (unpaired) electrons. The second-order valence-corrected chi connectivity index (χ2v) is 6.94. The number of nitrogens with one attached hydrogen (secondary N) is 1. The van der Waals surface area contributed by atoms with Gasteiger partial charge in [0.1, 0.15) is 23.9 Å². The lowest BCUT2D eigenvalue weighted by Gasteiger charge is -2.15. The predicted molar refractivity (Wildman–Crippen MR) is 119 cm³/mol. The molecule has 1 N–H and O–H groups in total. The number of hydrogen-bond donors (Lipinski definition) is 1. The van der Waals surface area contributed by atoms with Gasteiger partial charge in [0.2, 0.25) is 0 Å². The van der Waals surface area contributed by atoms with Crippen LogP contribution < -0.4 is 19.5 Å². The van der Waals surface area contributed by atoms with E-state index in [1.807, 2.05) is 75.4 Å². The Balaban J connectivity index is 1.79. The highest BCUT2D eigenvalue weighted by Gasteiger charge is 2.13. The van der Waals surface area contributed by atoms with Crippen molar-refractivity contribution >= 4 is 11.6 Å². The zero-order valence-corrected chi connectivity index (χ0v) is 17.8. The highest BCUT2D eigenvalue weighted by atomic mass is 16.5. The largest absolute Gasteiger partial charge is 0.497 e. The maximum absolute atomic E-state index is 12.9. The van der Waals surface area contributed by atoms with Crippen molar-refractivity contribution in [3.05, 3.63) is 82.9 Å². The monoisotopic (exact) mass is 405 g/mol. The Morgan fingerprint density at radius 1 is 0.900 bits per heavy atom. The third-order valence-corrected chi connectivity index (χ3v) is 4.80. The van der Waals surface area contributed by atoms with E-state index in [0.717, 1.165) is 28.1 Å². The van der Waals surface area contributed by atoms with Crippen LogP contribution in [0.25, 0.3) is 0 Å². The Bertz CT molecular complexity index is 992. The van der Waals surface area contributed by atoms with Crippen LogP contribution in [0.5, 0.6) is 17.2 Å². The second kappa shape index (κ2) is 9.83. The minimum absolute atomic E-state index is 0.166. The second-order valence-electron chi connectivity index (χ2n) is 6.94. The van der Waals surface area contributed by atoms with Crippen LogP contribution in [0, 0.1) is 13.8 Å². The molecule has 3 rings (SSSR count). The predicted octanol–water partition coefficient (Wildman–Crippen LogP) is 5.54. The lowest BCUT2D eigenvalue weighted by Crippen LogP contribution is -2.14. The molecule has 30 heavy (non-hydrogen) atoms. The molecule has 1 amide bonds. The van der Waals surface area contributed by atoms with E-state index in [1.54, 1.807) is 13.2 Å². The number of carbonyl (C=O) groups excluding carboxylic acids is 1. The zero-order chi connectivity index (χ0) is 21.5.